The van der Waals surface area contributed by atoms with Crippen LogP contribution in [0, 0.1) is 5.41 Å². The van der Waals surface area contributed by atoms with Crippen LogP contribution in [0.5, 0.6) is 0 Å². The molecule has 0 amide bonds. The molecule has 0 heterocycles. The minimum absolute atomic E-state index is 0.0610. The second kappa shape index (κ2) is 8.02. The van der Waals surface area contributed by atoms with Crippen molar-refractivity contribution < 1.29 is 14.6 Å². The average molecular weight is 284 g/mol. The van der Waals surface area contributed by atoms with Crippen LogP contribution >= 0.6 is 0 Å². The van der Waals surface area contributed by atoms with Crippen LogP contribution in [0.4, 0.5) is 0 Å². The van der Waals surface area contributed by atoms with E-state index in [1.165, 1.54) is 0 Å². The lowest BCUT2D eigenvalue weighted by molar-refractivity contribution is -0.144. The molecule has 1 aliphatic rings. The molecule has 0 aliphatic heterocycles. The molecule has 3 heteroatoms. The topological polar surface area (TPSA) is 46.5 Å². The van der Waals surface area contributed by atoms with E-state index >= 15 is 0 Å². The molecule has 0 spiro atoms. The Balaban J connectivity index is 2.29. The predicted molar refractivity (Wildman–Crippen MR) is 81.5 cm³/mol. The van der Waals surface area contributed by atoms with Crippen molar-refractivity contribution in [2.24, 2.45) is 5.41 Å². The molecule has 0 saturated heterocycles. The SMILES string of the molecule is CCCCOC(=O)CCC1(C)CCC(O)(CCC)CC1. The molecule has 1 rings (SSSR count). The van der Waals surface area contributed by atoms with Gasteiger partial charge in [-0.05, 0) is 50.4 Å². The first-order valence-corrected chi connectivity index (χ1v) is 8.31. The van der Waals surface area contributed by atoms with E-state index in [1.807, 2.05) is 0 Å². The molecule has 0 aromatic heterocycles. The van der Waals surface area contributed by atoms with Gasteiger partial charge in [0.25, 0.3) is 0 Å². The Morgan fingerprint density at radius 2 is 1.75 bits per heavy atom. The zero-order chi connectivity index (χ0) is 15.1. The highest BCUT2D eigenvalue weighted by Crippen LogP contribution is 2.45. The van der Waals surface area contributed by atoms with Gasteiger partial charge in [-0.1, -0.05) is 33.6 Å². The van der Waals surface area contributed by atoms with Gasteiger partial charge in [-0.15, -0.1) is 0 Å². The van der Waals surface area contributed by atoms with E-state index in [1.54, 1.807) is 0 Å². The Hall–Kier alpha value is -0.570. The summed E-state index contributed by atoms with van der Waals surface area (Å²) in [6.07, 6.45) is 9.15. The number of hydrogen-bond donors (Lipinski definition) is 1. The molecular weight excluding hydrogens is 252 g/mol. The molecule has 1 saturated carbocycles. The van der Waals surface area contributed by atoms with Gasteiger partial charge in [-0.3, -0.25) is 4.79 Å². The van der Waals surface area contributed by atoms with E-state index < -0.39 is 5.60 Å². The number of carbonyl (C=O) groups excluding carboxylic acids is 1. The van der Waals surface area contributed by atoms with Crippen molar-refractivity contribution in [3.8, 4) is 0 Å². The predicted octanol–water partition coefficient (Wildman–Crippen LogP) is 4.22. The molecule has 0 aromatic rings. The fourth-order valence-corrected chi connectivity index (χ4v) is 3.09. The number of ether oxygens (including phenoxy) is 1. The number of rotatable bonds is 8. The second-order valence-electron chi connectivity index (χ2n) is 6.86. The van der Waals surface area contributed by atoms with Crippen LogP contribution in [-0.2, 0) is 9.53 Å². The summed E-state index contributed by atoms with van der Waals surface area (Å²) in [4.78, 5) is 11.7. The van der Waals surface area contributed by atoms with Crippen molar-refractivity contribution in [3.05, 3.63) is 0 Å². The molecule has 118 valence electrons. The lowest BCUT2D eigenvalue weighted by atomic mass is 9.67. The van der Waals surface area contributed by atoms with Crippen molar-refractivity contribution in [2.75, 3.05) is 6.61 Å². The summed E-state index contributed by atoms with van der Waals surface area (Å²) in [5.74, 6) is -0.0610. The minimum atomic E-state index is -0.449. The van der Waals surface area contributed by atoms with Crippen LogP contribution in [0.2, 0.25) is 0 Å². The Labute approximate surface area is 124 Å². The van der Waals surface area contributed by atoms with E-state index in [-0.39, 0.29) is 11.4 Å². The normalized spacial score (nSPS) is 30.2. The molecule has 0 radical (unpaired) electrons. The molecule has 0 unspecified atom stereocenters. The largest absolute Gasteiger partial charge is 0.466 e. The van der Waals surface area contributed by atoms with Gasteiger partial charge in [0.2, 0.25) is 0 Å². The number of esters is 1. The number of unbranched alkanes of at least 4 members (excludes halogenated alkanes) is 1. The summed E-state index contributed by atoms with van der Waals surface area (Å²) < 4.78 is 5.21. The highest BCUT2D eigenvalue weighted by atomic mass is 16.5. The first-order chi connectivity index (χ1) is 9.43. The maximum absolute atomic E-state index is 11.7. The third-order valence-electron chi connectivity index (χ3n) is 4.80. The van der Waals surface area contributed by atoms with E-state index in [2.05, 4.69) is 20.8 Å². The number of hydrogen-bond acceptors (Lipinski definition) is 3. The van der Waals surface area contributed by atoms with Crippen molar-refractivity contribution in [2.45, 2.75) is 90.6 Å². The monoisotopic (exact) mass is 284 g/mol. The van der Waals surface area contributed by atoms with Crippen LogP contribution in [-0.4, -0.2) is 23.3 Å². The average Bonchev–Trinajstić information content (AvgIpc) is 2.42. The molecule has 3 nitrogen and oxygen atoms in total. The van der Waals surface area contributed by atoms with Gasteiger partial charge in [0.1, 0.15) is 0 Å². The fraction of sp³-hybridized carbons (Fsp3) is 0.941. The number of aliphatic hydroxyl groups is 1. The summed E-state index contributed by atoms with van der Waals surface area (Å²) in [5, 5.41) is 10.4. The molecule has 20 heavy (non-hydrogen) atoms. The zero-order valence-electron chi connectivity index (χ0n) is 13.5. The molecule has 0 atom stereocenters. The lowest BCUT2D eigenvalue weighted by Gasteiger charge is -2.42. The van der Waals surface area contributed by atoms with E-state index in [9.17, 15) is 9.90 Å². The van der Waals surface area contributed by atoms with Crippen molar-refractivity contribution in [1.29, 1.82) is 0 Å². The van der Waals surface area contributed by atoms with Gasteiger partial charge >= 0.3 is 5.97 Å². The van der Waals surface area contributed by atoms with Gasteiger partial charge in [0, 0.05) is 6.42 Å². The van der Waals surface area contributed by atoms with Crippen LogP contribution < -0.4 is 0 Å². The molecule has 0 bridgehead atoms. The lowest BCUT2D eigenvalue weighted by Crippen LogP contribution is -2.38. The van der Waals surface area contributed by atoms with Gasteiger partial charge in [0.05, 0.1) is 12.2 Å². The van der Waals surface area contributed by atoms with E-state index in [4.69, 9.17) is 4.74 Å². The fourth-order valence-electron chi connectivity index (χ4n) is 3.09. The maximum Gasteiger partial charge on any atom is 0.305 e. The molecule has 1 aliphatic carbocycles. The van der Waals surface area contributed by atoms with E-state index in [0.29, 0.717) is 13.0 Å². The summed E-state index contributed by atoms with van der Waals surface area (Å²) in [5.41, 5.74) is -0.250. The molecule has 0 aromatic carbocycles. The summed E-state index contributed by atoms with van der Waals surface area (Å²) >= 11 is 0. The summed E-state index contributed by atoms with van der Waals surface area (Å²) in [6.45, 7) is 7.02. The quantitative estimate of drug-likeness (QED) is 0.536. The van der Waals surface area contributed by atoms with Gasteiger partial charge in [-0.25, -0.2) is 0 Å². The maximum atomic E-state index is 11.7. The van der Waals surface area contributed by atoms with Gasteiger partial charge in [-0.2, -0.15) is 0 Å². The molecule has 1 fully saturated rings. The van der Waals surface area contributed by atoms with Crippen molar-refractivity contribution in [3.63, 3.8) is 0 Å². The highest BCUT2D eigenvalue weighted by Gasteiger charge is 2.38. The molecular formula is C17H32O3. The Morgan fingerprint density at radius 3 is 2.30 bits per heavy atom. The Morgan fingerprint density at radius 1 is 1.10 bits per heavy atom. The molecule has 1 N–H and O–H groups in total. The third-order valence-corrected chi connectivity index (χ3v) is 4.80. The van der Waals surface area contributed by atoms with Crippen LogP contribution in [0.3, 0.4) is 0 Å². The third kappa shape index (κ3) is 5.82. The summed E-state index contributed by atoms with van der Waals surface area (Å²) in [7, 11) is 0. The second-order valence-corrected chi connectivity index (χ2v) is 6.86. The van der Waals surface area contributed by atoms with Crippen LogP contribution in [0.25, 0.3) is 0 Å². The van der Waals surface area contributed by atoms with Crippen molar-refractivity contribution in [1.82, 2.24) is 0 Å². The Kier molecular flexibility index (Phi) is 7.01. The standard InChI is InChI=1S/C17H32O3/c1-4-6-14-20-15(18)7-9-16(3)10-12-17(19,8-5-2)13-11-16/h19H,4-14H2,1-3H3. The van der Waals surface area contributed by atoms with E-state index in [0.717, 1.165) is 57.8 Å². The minimum Gasteiger partial charge on any atom is -0.466 e. The van der Waals surface area contributed by atoms with Crippen LogP contribution in [0.1, 0.15) is 85.0 Å². The first-order valence-electron chi connectivity index (χ1n) is 8.31. The van der Waals surface area contributed by atoms with Gasteiger partial charge < -0.3 is 9.84 Å². The van der Waals surface area contributed by atoms with Crippen LogP contribution in [0.15, 0.2) is 0 Å². The zero-order valence-corrected chi connectivity index (χ0v) is 13.5. The first kappa shape index (κ1) is 17.5. The van der Waals surface area contributed by atoms with Gasteiger partial charge in [0.15, 0.2) is 0 Å². The smallest absolute Gasteiger partial charge is 0.305 e. The van der Waals surface area contributed by atoms with Crippen molar-refractivity contribution >= 4 is 5.97 Å². The Bertz CT molecular complexity index is 291. The number of carbonyl (C=O) groups is 1. The summed E-state index contributed by atoms with van der Waals surface area (Å²) in [6, 6.07) is 0. The highest BCUT2D eigenvalue weighted by molar-refractivity contribution is 5.69.